The molecular weight excluding hydrogens is 432 g/mol. The van der Waals surface area contributed by atoms with E-state index < -0.39 is 12.1 Å². The lowest BCUT2D eigenvalue weighted by Gasteiger charge is -2.16. The molecule has 166 valence electrons. The summed E-state index contributed by atoms with van der Waals surface area (Å²) in [5.74, 6) is -0.624. The van der Waals surface area contributed by atoms with E-state index in [1.165, 1.54) is 0 Å². The molecule has 3 rings (SSSR count). The highest BCUT2D eigenvalue weighted by Crippen LogP contribution is 2.27. The van der Waals surface area contributed by atoms with Gasteiger partial charge in [0.25, 0.3) is 5.91 Å². The highest BCUT2D eigenvalue weighted by molar-refractivity contribution is 6.34. The van der Waals surface area contributed by atoms with Crippen LogP contribution in [0, 0.1) is 13.8 Å². The standard InChI is InChI=1S/C22H23ClN6O3/c1-12-10-13(2)29(28-12)14(3)20(30)27-19-9-8-17(11-18(19)23)25-21(31)15-4-6-16(7-5-15)26-22(24)32/h4-11,14H,1-3H3,(H,25,31)(H,27,30)(H3,24,26,32). The van der Waals surface area contributed by atoms with Crippen molar-refractivity contribution in [1.29, 1.82) is 0 Å². The molecule has 2 aromatic carbocycles. The van der Waals surface area contributed by atoms with E-state index in [4.69, 9.17) is 17.3 Å². The number of rotatable bonds is 6. The number of carbonyl (C=O) groups is 3. The van der Waals surface area contributed by atoms with Crippen molar-refractivity contribution in [2.24, 2.45) is 5.73 Å². The minimum atomic E-state index is -0.687. The molecule has 0 aliphatic carbocycles. The summed E-state index contributed by atoms with van der Waals surface area (Å²) in [6.07, 6.45) is 0. The summed E-state index contributed by atoms with van der Waals surface area (Å²) in [4.78, 5) is 36.0. The van der Waals surface area contributed by atoms with Crippen LogP contribution in [-0.2, 0) is 4.79 Å². The first-order valence-electron chi connectivity index (χ1n) is 9.75. The van der Waals surface area contributed by atoms with Crippen molar-refractivity contribution in [3.8, 4) is 0 Å². The Morgan fingerprint density at radius 2 is 1.62 bits per heavy atom. The second-order valence-corrected chi connectivity index (χ2v) is 7.66. The van der Waals surface area contributed by atoms with Gasteiger partial charge in [0.15, 0.2) is 0 Å². The second kappa shape index (κ2) is 9.52. The number of primary amides is 1. The Morgan fingerprint density at radius 3 is 2.19 bits per heavy atom. The van der Waals surface area contributed by atoms with Crippen molar-refractivity contribution in [3.63, 3.8) is 0 Å². The van der Waals surface area contributed by atoms with Crippen LogP contribution < -0.4 is 21.7 Å². The SMILES string of the molecule is Cc1cc(C)n(C(C)C(=O)Nc2ccc(NC(=O)c3ccc(NC(N)=O)cc3)cc2Cl)n1. The quantitative estimate of drug-likeness (QED) is 0.446. The summed E-state index contributed by atoms with van der Waals surface area (Å²) in [6, 6.07) is 11.7. The number of nitrogens with zero attached hydrogens (tertiary/aromatic N) is 2. The molecule has 0 aliphatic heterocycles. The summed E-state index contributed by atoms with van der Waals surface area (Å²) in [5.41, 5.74) is 8.52. The molecule has 1 unspecified atom stereocenters. The van der Waals surface area contributed by atoms with E-state index in [0.29, 0.717) is 22.6 Å². The molecule has 1 atom stereocenters. The first-order chi connectivity index (χ1) is 15.1. The number of amides is 4. The molecule has 32 heavy (non-hydrogen) atoms. The molecule has 0 fully saturated rings. The molecule has 0 spiro atoms. The molecule has 1 heterocycles. The lowest BCUT2D eigenvalue weighted by molar-refractivity contribution is -0.119. The maximum atomic E-state index is 12.6. The Morgan fingerprint density at radius 1 is 0.969 bits per heavy atom. The van der Waals surface area contributed by atoms with Crippen LogP contribution in [0.2, 0.25) is 5.02 Å². The molecule has 3 aromatic rings. The van der Waals surface area contributed by atoms with E-state index in [-0.39, 0.29) is 16.8 Å². The number of aromatic nitrogens is 2. The average molecular weight is 455 g/mol. The predicted molar refractivity (Wildman–Crippen MR) is 124 cm³/mol. The van der Waals surface area contributed by atoms with Crippen molar-refractivity contribution >= 4 is 46.5 Å². The first-order valence-corrected chi connectivity index (χ1v) is 10.1. The zero-order chi connectivity index (χ0) is 23.4. The lowest BCUT2D eigenvalue weighted by Crippen LogP contribution is -2.25. The molecule has 0 saturated carbocycles. The van der Waals surface area contributed by atoms with E-state index in [0.717, 1.165) is 11.4 Å². The van der Waals surface area contributed by atoms with E-state index in [9.17, 15) is 14.4 Å². The van der Waals surface area contributed by atoms with Crippen molar-refractivity contribution < 1.29 is 14.4 Å². The van der Waals surface area contributed by atoms with Crippen molar-refractivity contribution in [1.82, 2.24) is 9.78 Å². The van der Waals surface area contributed by atoms with Crippen molar-refractivity contribution in [3.05, 3.63) is 70.5 Å². The number of carbonyl (C=O) groups excluding carboxylic acids is 3. The van der Waals surface area contributed by atoms with Crippen molar-refractivity contribution in [2.45, 2.75) is 26.8 Å². The van der Waals surface area contributed by atoms with E-state index in [1.807, 2.05) is 19.9 Å². The highest BCUT2D eigenvalue weighted by Gasteiger charge is 2.19. The molecule has 10 heteroatoms. The number of nitrogens with two attached hydrogens (primary N) is 1. The molecule has 0 saturated heterocycles. The van der Waals surface area contributed by atoms with E-state index in [2.05, 4.69) is 21.0 Å². The summed E-state index contributed by atoms with van der Waals surface area (Å²) < 4.78 is 1.65. The number of urea groups is 1. The summed E-state index contributed by atoms with van der Waals surface area (Å²) in [5, 5.41) is 12.6. The fourth-order valence-corrected chi connectivity index (χ4v) is 3.36. The minimum Gasteiger partial charge on any atom is -0.351 e. The van der Waals surface area contributed by atoms with Gasteiger partial charge in [-0.3, -0.25) is 14.3 Å². The van der Waals surface area contributed by atoms with Crippen LogP contribution in [-0.4, -0.2) is 27.6 Å². The third kappa shape index (κ3) is 5.44. The molecule has 0 aliphatic rings. The number of halogens is 1. The van der Waals surface area contributed by atoms with Gasteiger partial charge in [-0.25, -0.2) is 4.79 Å². The summed E-state index contributed by atoms with van der Waals surface area (Å²) >= 11 is 6.32. The van der Waals surface area contributed by atoms with Gasteiger partial charge in [-0.05, 0) is 69.3 Å². The number of aryl methyl sites for hydroxylation is 2. The van der Waals surface area contributed by atoms with Crippen LogP contribution in [0.15, 0.2) is 48.5 Å². The highest BCUT2D eigenvalue weighted by atomic mass is 35.5. The summed E-state index contributed by atoms with van der Waals surface area (Å²) in [7, 11) is 0. The molecular formula is C22H23ClN6O3. The number of anilines is 3. The van der Waals surface area contributed by atoms with Crippen LogP contribution in [0.5, 0.6) is 0 Å². The van der Waals surface area contributed by atoms with Gasteiger partial charge in [-0.2, -0.15) is 5.10 Å². The van der Waals surface area contributed by atoms with Gasteiger partial charge >= 0.3 is 6.03 Å². The zero-order valence-electron chi connectivity index (χ0n) is 17.8. The van der Waals surface area contributed by atoms with Gasteiger partial charge < -0.3 is 21.7 Å². The fourth-order valence-electron chi connectivity index (χ4n) is 3.13. The predicted octanol–water partition coefficient (Wildman–Crippen LogP) is 4.10. The topological polar surface area (TPSA) is 131 Å². The smallest absolute Gasteiger partial charge is 0.316 e. The van der Waals surface area contributed by atoms with E-state index >= 15 is 0 Å². The fraction of sp³-hybridized carbons (Fsp3) is 0.182. The van der Waals surface area contributed by atoms with Crippen LogP contribution in [0.1, 0.15) is 34.7 Å². The van der Waals surface area contributed by atoms with Gasteiger partial charge in [0.2, 0.25) is 5.91 Å². The summed E-state index contributed by atoms with van der Waals surface area (Å²) in [6.45, 7) is 5.50. The van der Waals surface area contributed by atoms with Gasteiger partial charge in [0.1, 0.15) is 6.04 Å². The Kier molecular flexibility index (Phi) is 6.79. The number of hydrogen-bond acceptors (Lipinski definition) is 4. The van der Waals surface area contributed by atoms with Gasteiger partial charge in [0, 0.05) is 22.6 Å². The molecule has 5 N–H and O–H groups in total. The van der Waals surface area contributed by atoms with Gasteiger partial charge in [-0.1, -0.05) is 11.6 Å². The number of nitrogens with one attached hydrogen (secondary N) is 3. The largest absolute Gasteiger partial charge is 0.351 e. The third-order valence-electron chi connectivity index (χ3n) is 4.69. The van der Waals surface area contributed by atoms with Crippen molar-refractivity contribution in [2.75, 3.05) is 16.0 Å². The Labute approximate surface area is 189 Å². The normalized spacial score (nSPS) is 11.5. The van der Waals surface area contributed by atoms with Gasteiger partial charge in [-0.15, -0.1) is 0 Å². The third-order valence-corrected chi connectivity index (χ3v) is 5.00. The lowest BCUT2D eigenvalue weighted by atomic mass is 10.2. The molecule has 0 radical (unpaired) electrons. The zero-order valence-corrected chi connectivity index (χ0v) is 18.5. The van der Waals surface area contributed by atoms with Crippen LogP contribution in [0.4, 0.5) is 21.9 Å². The Balaban J connectivity index is 1.65. The second-order valence-electron chi connectivity index (χ2n) is 7.25. The maximum absolute atomic E-state index is 12.6. The molecule has 4 amide bonds. The maximum Gasteiger partial charge on any atom is 0.316 e. The van der Waals surface area contributed by atoms with Crippen LogP contribution in [0.3, 0.4) is 0 Å². The van der Waals surface area contributed by atoms with Crippen LogP contribution in [0.25, 0.3) is 0 Å². The molecule has 9 nitrogen and oxygen atoms in total. The van der Waals surface area contributed by atoms with Gasteiger partial charge in [0.05, 0.1) is 16.4 Å². The average Bonchev–Trinajstić information content (AvgIpc) is 3.07. The molecule has 1 aromatic heterocycles. The number of benzene rings is 2. The monoisotopic (exact) mass is 454 g/mol. The Bertz CT molecular complexity index is 1170. The molecule has 0 bridgehead atoms. The van der Waals surface area contributed by atoms with E-state index in [1.54, 1.807) is 54.1 Å². The first kappa shape index (κ1) is 22.8. The Hall–Kier alpha value is -3.85. The number of hydrogen-bond donors (Lipinski definition) is 4. The minimum absolute atomic E-state index is 0.264. The van der Waals surface area contributed by atoms with Crippen LogP contribution >= 0.6 is 11.6 Å².